The maximum atomic E-state index is 11.5. The molecule has 114 valence electrons. The Morgan fingerprint density at radius 1 is 1.38 bits per heavy atom. The number of rotatable bonds is 8. The fourth-order valence-corrected chi connectivity index (χ4v) is 1.81. The van der Waals surface area contributed by atoms with Gasteiger partial charge in [0, 0.05) is 5.56 Å². The van der Waals surface area contributed by atoms with Crippen molar-refractivity contribution in [1.82, 2.24) is 0 Å². The van der Waals surface area contributed by atoms with Gasteiger partial charge in [0.15, 0.2) is 6.61 Å². The van der Waals surface area contributed by atoms with Crippen LogP contribution in [0, 0.1) is 10.1 Å². The number of carboxylic acid groups (broad SMARTS) is 1. The monoisotopic (exact) mass is 297 g/mol. The van der Waals surface area contributed by atoms with Crippen LogP contribution in [-0.4, -0.2) is 28.7 Å². The molecule has 8 nitrogen and oxygen atoms in total. The van der Waals surface area contributed by atoms with Crippen LogP contribution in [0.5, 0.6) is 0 Å². The molecule has 0 bridgehead atoms. The van der Waals surface area contributed by atoms with E-state index in [4.69, 9.17) is 9.84 Å². The molecule has 0 amide bonds. The summed E-state index contributed by atoms with van der Waals surface area (Å²) in [5.74, 6) is -2.06. The Morgan fingerprint density at radius 3 is 2.62 bits per heavy atom. The highest BCUT2D eigenvalue weighted by Gasteiger charge is 2.22. The maximum absolute atomic E-state index is 11.5. The lowest BCUT2D eigenvalue weighted by Crippen LogP contribution is -2.20. The Balaban J connectivity index is 2.89. The van der Waals surface area contributed by atoms with E-state index in [9.17, 15) is 19.7 Å². The third kappa shape index (κ3) is 5.09. The minimum Gasteiger partial charge on any atom is -0.478 e. The Hall–Kier alpha value is -2.64. The Kier molecular flexibility index (Phi) is 6.12. The lowest BCUT2D eigenvalue weighted by molar-refractivity contribution is -0.754. The third-order valence-corrected chi connectivity index (χ3v) is 2.65. The highest BCUT2D eigenvalue weighted by molar-refractivity contribution is 5.89. The number of benzene rings is 1. The molecule has 0 aromatic heterocycles. The first-order valence-corrected chi connectivity index (χ1v) is 6.24. The minimum absolute atomic E-state index is 0.0268. The van der Waals surface area contributed by atoms with E-state index < -0.39 is 29.7 Å². The number of esters is 1. The first-order chi connectivity index (χ1) is 9.95. The van der Waals surface area contributed by atoms with E-state index in [1.807, 2.05) is 6.92 Å². The van der Waals surface area contributed by atoms with Gasteiger partial charge in [0.25, 0.3) is 5.09 Å². The number of carbonyl (C=O) groups excluding carboxylic acids is 1. The van der Waals surface area contributed by atoms with Crippen molar-refractivity contribution in [2.24, 2.45) is 0 Å². The van der Waals surface area contributed by atoms with Crippen LogP contribution in [0.1, 0.15) is 41.8 Å². The number of nitrogens with zero attached hydrogens (tertiary/aromatic N) is 1. The van der Waals surface area contributed by atoms with Crippen LogP contribution in [0.2, 0.25) is 0 Å². The quantitative estimate of drug-likeness (QED) is 0.443. The first kappa shape index (κ1) is 16.4. The zero-order valence-corrected chi connectivity index (χ0v) is 11.4. The second-order valence-electron chi connectivity index (χ2n) is 4.16. The van der Waals surface area contributed by atoms with Gasteiger partial charge in [-0.1, -0.05) is 31.5 Å². The van der Waals surface area contributed by atoms with Gasteiger partial charge < -0.3 is 14.7 Å². The van der Waals surface area contributed by atoms with Crippen LogP contribution < -0.4 is 0 Å². The molecule has 0 saturated heterocycles. The van der Waals surface area contributed by atoms with E-state index in [0.717, 1.165) is 0 Å². The van der Waals surface area contributed by atoms with Crippen LogP contribution in [0.15, 0.2) is 24.3 Å². The minimum atomic E-state index is -1.13. The Labute approximate surface area is 120 Å². The first-order valence-electron chi connectivity index (χ1n) is 6.24. The summed E-state index contributed by atoms with van der Waals surface area (Å²) in [4.78, 5) is 36.6. The van der Waals surface area contributed by atoms with E-state index >= 15 is 0 Å². The molecule has 1 aromatic carbocycles. The summed E-state index contributed by atoms with van der Waals surface area (Å²) in [5.41, 5.74) is 0.375. The van der Waals surface area contributed by atoms with E-state index in [1.54, 1.807) is 18.2 Å². The third-order valence-electron chi connectivity index (χ3n) is 2.65. The van der Waals surface area contributed by atoms with Gasteiger partial charge in [0.05, 0.1) is 5.56 Å². The van der Waals surface area contributed by atoms with Gasteiger partial charge in [-0.2, -0.15) is 0 Å². The van der Waals surface area contributed by atoms with Crippen LogP contribution >= 0.6 is 0 Å². The number of hydrogen-bond acceptors (Lipinski definition) is 6. The van der Waals surface area contributed by atoms with Crippen molar-refractivity contribution in [3.8, 4) is 0 Å². The molecule has 0 heterocycles. The largest absolute Gasteiger partial charge is 0.478 e. The summed E-state index contributed by atoms with van der Waals surface area (Å²) in [6, 6.07) is 6.15. The Morgan fingerprint density at radius 2 is 2.05 bits per heavy atom. The average molecular weight is 297 g/mol. The molecule has 0 aliphatic rings. The van der Waals surface area contributed by atoms with Gasteiger partial charge >= 0.3 is 11.9 Å². The predicted molar refractivity (Wildman–Crippen MR) is 70.1 cm³/mol. The molecule has 0 aliphatic heterocycles. The molecule has 8 heteroatoms. The highest BCUT2D eigenvalue weighted by Crippen LogP contribution is 2.26. The molecular weight excluding hydrogens is 282 g/mol. The van der Waals surface area contributed by atoms with Gasteiger partial charge in [-0.25, -0.2) is 9.59 Å². The summed E-state index contributed by atoms with van der Waals surface area (Å²) in [7, 11) is 0. The Bertz CT molecular complexity index is 529. The van der Waals surface area contributed by atoms with Gasteiger partial charge in [-0.05, 0) is 12.5 Å². The summed E-state index contributed by atoms with van der Waals surface area (Å²) < 4.78 is 5.09. The normalized spacial score (nSPS) is 11.5. The van der Waals surface area contributed by atoms with Crippen molar-refractivity contribution in [3.05, 3.63) is 45.5 Å². The van der Waals surface area contributed by atoms with Crippen molar-refractivity contribution in [3.63, 3.8) is 0 Å². The molecule has 1 unspecified atom stereocenters. The van der Waals surface area contributed by atoms with Gasteiger partial charge in [-0.3, -0.25) is 0 Å². The van der Waals surface area contributed by atoms with Crippen LogP contribution in [0.4, 0.5) is 0 Å². The smallest absolute Gasteiger partial charge is 0.336 e. The summed E-state index contributed by atoms with van der Waals surface area (Å²) >= 11 is 0. The van der Waals surface area contributed by atoms with Crippen LogP contribution in [0.25, 0.3) is 0 Å². The fourth-order valence-electron chi connectivity index (χ4n) is 1.81. The molecule has 0 fully saturated rings. The van der Waals surface area contributed by atoms with Crippen LogP contribution in [0.3, 0.4) is 0 Å². The summed E-state index contributed by atoms with van der Waals surface area (Å²) in [5, 5.41) is 18.1. The lowest BCUT2D eigenvalue weighted by atomic mass is 9.99. The zero-order valence-electron chi connectivity index (χ0n) is 11.4. The topological polar surface area (TPSA) is 116 Å². The molecule has 1 aromatic rings. The molecule has 1 N–H and O–H groups in total. The van der Waals surface area contributed by atoms with E-state index in [0.29, 0.717) is 18.4 Å². The number of hydrogen-bond donors (Lipinski definition) is 1. The van der Waals surface area contributed by atoms with Crippen molar-refractivity contribution in [2.75, 3.05) is 6.61 Å². The number of aromatic carboxylic acids is 1. The molecule has 1 atom stereocenters. The molecule has 0 aliphatic carbocycles. The number of ether oxygens (including phenoxy) is 1. The lowest BCUT2D eigenvalue weighted by Gasteiger charge is -2.19. The van der Waals surface area contributed by atoms with Gasteiger partial charge in [0.2, 0.25) is 0 Å². The SMILES string of the molecule is CCCC(OC(=O)CO[N+](=O)[O-])c1ccccc1C(=O)O. The molecule has 0 spiro atoms. The summed E-state index contributed by atoms with van der Waals surface area (Å²) in [6.07, 6.45) is 0.251. The zero-order chi connectivity index (χ0) is 15.8. The second kappa shape index (κ2) is 7.83. The predicted octanol–water partition coefficient (Wildman–Crippen LogP) is 1.98. The standard InChI is InChI=1S/C13H15NO7/c1-2-5-11(21-12(15)8-20-14(18)19)9-6-3-4-7-10(9)13(16)17/h3-4,6-7,11H,2,5,8H2,1H3,(H,16,17). The van der Waals surface area contributed by atoms with Crippen molar-refractivity contribution < 1.29 is 29.4 Å². The molecule has 0 radical (unpaired) electrons. The maximum Gasteiger partial charge on any atom is 0.336 e. The number of carbonyl (C=O) groups is 2. The van der Waals surface area contributed by atoms with E-state index in [1.165, 1.54) is 6.07 Å². The van der Waals surface area contributed by atoms with Crippen molar-refractivity contribution in [2.45, 2.75) is 25.9 Å². The van der Waals surface area contributed by atoms with Crippen molar-refractivity contribution >= 4 is 11.9 Å². The van der Waals surface area contributed by atoms with Gasteiger partial charge in [0.1, 0.15) is 6.10 Å². The summed E-state index contributed by atoms with van der Waals surface area (Å²) in [6.45, 7) is 1.01. The number of carboxylic acids is 1. The van der Waals surface area contributed by atoms with E-state index in [2.05, 4.69) is 4.84 Å². The van der Waals surface area contributed by atoms with Crippen molar-refractivity contribution in [1.29, 1.82) is 0 Å². The molecule has 1 rings (SSSR count). The average Bonchev–Trinajstić information content (AvgIpc) is 2.44. The van der Waals surface area contributed by atoms with Gasteiger partial charge in [-0.15, -0.1) is 10.1 Å². The highest BCUT2D eigenvalue weighted by atomic mass is 17.0. The second-order valence-corrected chi connectivity index (χ2v) is 4.16. The molecular formula is C13H15NO7. The molecule has 0 saturated carbocycles. The fraction of sp³-hybridized carbons (Fsp3) is 0.385. The molecule has 21 heavy (non-hydrogen) atoms. The van der Waals surface area contributed by atoms with E-state index in [-0.39, 0.29) is 5.56 Å². The van der Waals surface area contributed by atoms with Crippen LogP contribution in [-0.2, 0) is 14.4 Å².